The van der Waals surface area contributed by atoms with Crippen LogP contribution in [-0.2, 0) is 33.4 Å². The molecule has 0 aliphatic heterocycles. The second-order valence-corrected chi connectivity index (χ2v) is 51.8. The summed E-state index contributed by atoms with van der Waals surface area (Å²) in [5, 5.41) is 22.5. The first-order valence-corrected chi connectivity index (χ1v) is 61.7. The zero-order chi connectivity index (χ0) is 105. The Labute approximate surface area is 889 Å². The summed E-state index contributed by atoms with van der Waals surface area (Å²) in [5.41, 5.74) is 7.57. The van der Waals surface area contributed by atoms with Crippen molar-refractivity contribution in [2.24, 2.45) is 116 Å². The predicted molar refractivity (Wildman–Crippen MR) is 617 cm³/mol. The van der Waals surface area contributed by atoms with Gasteiger partial charge in [0.2, 0.25) is 0 Å². The average molecular weight is 2000 g/mol. The molecule has 0 spiro atoms. The third kappa shape index (κ3) is 41.9. The zero-order valence-corrected chi connectivity index (χ0v) is 97.8. The highest BCUT2D eigenvalue weighted by Crippen LogP contribution is 2.69. The minimum Gasteiger partial charge on any atom is -0.393 e. The Kier molecular flexibility index (Phi) is 59.1. The number of hydrogen-bond donors (Lipinski definition) is 2. The van der Waals surface area contributed by atoms with Crippen LogP contribution < -0.4 is 0 Å². The van der Waals surface area contributed by atoms with Crippen molar-refractivity contribution in [3.8, 4) is 0 Å². The molecule has 0 saturated heterocycles. The molecule has 0 aromatic heterocycles. The number of aliphatic hydroxyl groups excluding tert-OH is 1. The average Bonchev–Trinajstić information content (AvgIpc) is 1.50. The molecule has 9 heteroatoms. The lowest BCUT2D eigenvalue weighted by atomic mass is 9.47. The Balaban J connectivity index is 0.000000245. The molecule has 0 amide bonds. The summed E-state index contributed by atoms with van der Waals surface area (Å²) in [5.74, 6) is 11.4. The molecule has 9 saturated carbocycles. The van der Waals surface area contributed by atoms with Crippen LogP contribution in [0.4, 0.5) is 0 Å². The summed E-state index contributed by atoms with van der Waals surface area (Å²) in [4.78, 5) is 48.0. The monoisotopic (exact) mass is 1990 g/mol. The van der Waals surface area contributed by atoms with Crippen LogP contribution in [0.25, 0.3) is 0 Å². The first-order valence-electron chi connectivity index (χ1n) is 61.7. The molecule has 0 aromatic carbocycles. The normalized spacial score (nSPS) is 30.4. The van der Waals surface area contributed by atoms with E-state index in [-0.39, 0.29) is 47.4 Å². The number of Topliss-reactive ketones (excluding diaryl/α,β-unsaturated/α-hetero) is 3. The summed E-state index contributed by atoms with van der Waals surface area (Å²) >= 11 is 0. The third-order valence-electron chi connectivity index (χ3n) is 37.4. The molecule has 9 nitrogen and oxygen atoms in total. The molecule has 0 aromatic rings. The van der Waals surface area contributed by atoms with E-state index in [9.17, 15) is 29.4 Å². The number of unbranched alkanes of at least 4 members (excludes halogenated alkanes) is 18. The molecule has 0 heterocycles. The Morgan fingerprint density at radius 2 is 0.958 bits per heavy atom. The summed E-state index contributed by atoms with van der Waals surface area (Å²) in [6.07, 6.45) is 108. The highest BCUT2D eigenvalue weighted by atomic mass is 16.5. The summed E-state index contributed by atoms with van der Waals surface area (Å²) < 4.78 is 17.9. The molecule has 20 atom stereocenters. The van der Waals surface area contributed by atoms with E-state index in [0.717, 1.165) is 168 Å². The summed E-state index contributed by atoms with van der Waals surface area (Å²) in [6.45, 7) is 54.5. The van der Waals surface area contributed by atoms with Crippen LogP contribution in [0.2, 0.25) is 0 Å². The topological polar surface area (TPSA) is 136 Å². The molecule has 11 rings (SSSR count). The Morgan fingerprint density at radius 3 is 1.49 bits per heavy atom. The first kappa shape index (κ1) is 127. The van der Waals surface area contributed by atoms with Crippen LogP contribution in [0.15, 0.2) is 132 Å². The zero-order valence-electron chi connectivity index (χ0n) is 97.8. The minimum absolute atomic E-state index is 0.0522. The van der Waals surface area contributed by atoms with Crippen molar-refractivity contribution >= 4 is 23.1 Å². The van der Waals surface area contributed by atoms with Gasteiger partial charge in [-0.2, -0.15) is 0 Å². The quantitative estimate of drug-likeness (QED) is 0.0450. The maximum atomic E-state index is 12.8. The lowest BCUT2D eigenvalue weighted by Crippen LogP contribution is -2.57. The Bertz CT molecular complexity index is 3970. The SMILES string of the molecule is C=C1CCC(OC(C)C)C/C1=C\C=C1/CCCC2(C)C1CCC2C(C)CCCC(C)C.CC(C)CCC[C@H](C)[C@@H]1CC[C@@H]2[C@H]3CC=C4C[C@H](OC(C)C)CC[C@@]4(C)[C@@H]3CC[C@]21C.CC(C)OCC(=O)[C@@]1(O)CC[C@H]2[C@@H]3CCC4=CC(=O)CC[C@]4(C)[C@H]3[C@@H](O)C[C@@H]21.CC/C=C\C/C=C\C/C=C\C/C=C\C/C=C\C/C=C\CCC(=O)CC(C)C.CCCCCCCCCCCCCCCCCCCCCC(=O)CC(C)C. The van der Waals surface area contributed by atoms with E-state index in [1.807, 2.05) is 19.9 Å². The van der Waals surface area contributed by atoms with Gasteiger partial charge in [-0.25, -0.2) is 0 Å². The van der Waals surface area contributed by atoms with Crippen molar-refractivity contribution in [1.82, 2.24) is 0 Å². The summed E-state index contributed by atoms with van der Waals surface area (Å²) in [6, 6.07) is 0. The number of rotatable bonds is 57. The van der Waals surface area contributed by atoms with Gasteiger partial charge in [0.25, 0.3) is 0 Å². The van der Waals surface area contributed by atoms with Crippen molar-refractivity contribution < 1.29 is 43.6 Å². The van der Waals surface area contributed by atoms with Crippen LogP contribution >= 0.6 is 0 Å². The number of ketones is 4. The van der Waals surface area contributed by atoms with Gasteiger partial charge in [-0.05, 0) is 356 Å². The van der Waals surface area contributed by atoms with Gasteiger partial charge in [0.15, 0.2) is 11.6 Å². The number of fused-ring (bicyclic) bond motifs is 11. The molecule has 9 fully saturated rings. The fraction of sp³-hybridized carbons (Fsp3) is 0.807. The predicted octanol–water partition coefficient (Wildman–Crippen LogP) is 38.2. The summed E-state index contributed by atoms with van der Waals surface area (Å²) in [7, 11) is 0. The van der Waals surface area contributed by atoms with Crippen molar-refractivity contribution in [3.63, 3.8) is 0 Å². The van der Waals surface area contributed by atoms with E-state index >= 15 is 0 Å². The van der Waals surface area contributed by atoms with E-state index in [1.54, 1.807) is 11.1 Å². The molecule has 0 bridgehead atoms. The van der Waals surface area contributed by atoms with Gasteiger partial charge in [-0.3, -0.25) is 19.2 Å². The fourth-order valence-corrected chi connectivity index (χ4v) is 29.7. The van der Waals surface area contributed by atoms with Crippen LogP contribution in [-0.4, -0.2) is 82.2 Å². The molecular weight excluding hydrogens is 1770 g/mol. The molecule has 5 unspecified atom stereocenters. The van der Waals surface area contributed by atoms with Gasteiger partial charge in [0.05, 0.1) is 36.6 Å². The van der Waals surface area contributed by atoms with Crippen molar-refractivity contribution in [3.05, 3.63) is 132 Å². The van der Waals surface area contributed by atoms with Crippen LogP contribution in [0.3, 0.4) is 0 Å². The number of ether oxygens (including phenoxy) is 3. The number of carbonyl (C=O) groups is 4. The fourth-order valence-electron chi connectivity index (χ4n) is 29.7. The lowest BCUT2D eigenvalue weighted by molar-refractivity contribution is -0.159. The molecule has 144 heavy (non-hydrogen) atoms. The number of hydrogen-bond acceptors (Lipinski definition) is 9. The smallest absolute Gasteiger partial charge is 0.190 e. The highest BCUT2D eigenvalue weighted by molar-refractivity contribution is 5.92. The van der Waals surface area contributed by atoms with Gasteiger partial charge in [-0.15, -0.1) is 0 Å². The first-order chi connectivity index (χ1) is 68.8. The van der Waals surface area contributed by atoms with Gasteiger partial charge >= 0.3 is 0 Å². The van der Waals surface area contributed by atoms with Crippen LogP contribution in [0.5, 0.6) is 0 Å². The second-order valence-electron chi connectivity index (χ2n) is 51.8. The molecule has 822 valence electrons. The van der Waals surface area contributed by atoms with Crippen molar-refractivity contribution in [2.75, 3.05) is 6.61 Å². The Morgan fingerprint density at radius 1 is 0.444 bits per heavy atom. The van der Waals surface area contributed by atoms with Gasteiger partial charge < -0.3 is 24.4 Å². The molecular formula is C135H228O9. The molecule has 11 aliphatic rings. The second kappa shape index (κ2) is 67.2. The minimum atomic E-state index is -1.37. The van der Waals surface area contributed by atoms with E-state index in [2.05, 4.69) is 236 Å². The van der Waals surface area contributed by atoms with Gasteiger partial charge in [0, 0.05) is 38.0 Å². The largest absolute Gasteiger partial charge is 0.393 e. The Hall–Kier alpha value is -4.38. The maximum absolute atomic E-state index is 12.8. The standard InChI is InChI=1S/C30H52O.C30H50O.C26H52O.C26H40O.C23H34O5/c1-20(2)9-8-10-22(5)26-13-14-27-25-12-11-23-19-24(31-21(3)4)15-17-29(23,6)28(25)16-18-30(26,27)7;1-21(2)10-8-11-24(6)28-17-18-29-25(12-9-19-30(28,29)7)14-15-26-20-27(31-22(3)4)16-13-23(26)5;2*1-4-5-6-7-8-9-10-11-12-13-14-15-16-17-18-19-20-21-22-23-26(27)24-25(2)3;1-13(2)28-12-20(26)23(27)9-7-16-17-5-4-14-10-15(24)6-8-22(14,3)21(17)19(25)11-18(16)23/h11,20-22,24-28H,8-10,12-19H2,1-7H3;14-15,21-22,24,27-29H,5,8-13,16-20H2,1-4,6-7H3;25H,4-24H2,1-3H3;5-6,8-9,11-12,14-15,17-18,20-21,25H,4,7,10,13,16,19,22-24H2,1-3H3;10,13,16-19,21,25,27H,4-9,11-12H2,1-3H3/b;25-14+,26-15+;;6-5-,9-8-,12-11-,15-14-,18-17-,21-20-;/t22-,24+,25+,26-,27+,28+,29+,30-;;;;16-,17-,18-,19-,21+,22-,23+/m0...0/s1. The highest BCUT2D eigenvalue weighted by Gasteiger charge is 2.64. The van der Waals surface area contributed by atoms with Gasteiger partial charge in [-0.1, -0.05) is 385 Å². The molecule has 2 N–H and O–H groups in total. The maximum Gasteiger partial charge on any atom is 0.190 e. The van der Waals surface area contributed by atoms with Crippen LogP contribution in [0, 0.1) is 116 Å². The van der Waals surface area contributed by atoms with Crippen LogP contribution in [0.1, 0.15) is 531 Å². The van der Waals surface area contributed by atoms with E-state index in [0.29, 0.717) is 102 Å². The van der Waals surface area contributed by atoms with E-state index in [1.165, 1.54) is 254 Å². The van der Waals surface area contributed by atoms with E-state index in [4.69, 9.17) is 14.2 Å². The number of carbonyl (C=O) groups excluding carboxylic acids is 4. The van der Waals surface area contributed by atoms with Gasteiger partial charge in [0.1, 0.15) is 23.8 Å². The van der Waals surface area contributed by atoms with Crippen molar-refractivity contribution in [1.29, 1.82) is 0 Å². The lowest BCUT2D eigenvalue weighted by Gasteiger charge is -2.58. The number of allylic oxidation sites excluding steroid dienone is 18. The molecule has 11 aliphatic carbocycles. The number of aliphatic hydroxyl groups is 2. The van der Waals surface area contributed by atoms with Crippen molar-refractivity contribution in [2.45, 2.75) is 573 Å². The third-order valence-corrected chi connectivity index (χ3v) is 37.4. The molecule has 0 radical (unpaired) electrons. The van der Waals surface area contributed by atoms with E-state index < -0.39 is 11.7 Å².